The Morgan fingerprint density at radius 1 is 1.56 bits per heavy atom. The van der Waals surface area contributed by atoms with E-state index in [0.29, 0.717) is 28.8 Å². The molecule has 0 bridgehead atoms. The molecule has 0 aliphatic rings. The molecule has 2 rings (SSSR count). The Hall–Kier alpha value is -2.19. The molecule has 1 aromatic carbocycles. The number of halogens is 1. The summed E-state index contributed by atoms with van der Waals surface area (Å²) in [6.45, 7) is 0.475. The Balaban J connectivity index is 2.36. The van der Waals surface area contributed by atoms with Gasteiger partial charge >= 0.3 is 0 Å². The second-order valence-corrected chi connectivity index (χ2v) is 4.19. The van der Waals surface area contributed by atoms with Gasteiger partial charge in [0.25, 0.3) is 0 Å². The minimum Gasteiger partial charge on any atom is -0.383 e. The zero-order chi connectivity index (χ0) is 13.1. The normalized spacial score (nSPS) is 10.1. The molecule has 2 aromatic rings. The average molecular weight is 262 g/mol. The average Bonchev–Trinajstić information content (AvgIpc) is 2.66. The lowest BCUT2D eigenvalue weighted by Crippen LogP contribution is -2.06. The summed E-state index contributed by atoms with van der Waals surface area (Å²) in [6, 6.07) is 9.47. The Kier molecular flexibility index (Phi) is 3.40. The van der Waals surface area contributed by atoms with Crippen molar-refractivity contribution in [3.05, 3.63) is 40.4 Å². The molecule has 92 valence electrons. The second kappa shape index (κ2) is 4.98. The Morgan fingerprint density at radius 3 is 2.89 bits per heavy atom. The van der Waals surface area contributed by atoms with Crippen LogP contribution in [0, 0.1) is 11.3 Å². The first-order valence-corrected chi connectivity index (χ1v) is 5.72. The van der Waals surface area contributed by atoms with Gasteiger partial charge < -0.3 is 11.1 Å². The molecule has 3 N–H and O–H groups in total. The number of nitrogens with two attached hydrogens (primary N) is 1. The lowest BCUT2D eigenvalue weighted by atomic mass is 10.2. The van der Waals surface area contributed by atoms with Gasteiger partial charge in [0.2, 0.25) is 0 Å². The molecular formula is C12H12ClN5. The van der Waals surface area contributed by atoms with E-state index >= 15 is 0 Å². The lowest BCUT2D eigenvalue weighted by Gasteiger charge is -2.04. The Bertz CT molecular complexity index is 611. The van der Waals surface area contributed by atoms with Gasteiger partial charge in [-0.3, -0.25) is 0 Å². The summed E-state index contributed by atoms with van der Waals surface area (Å²) in [5, 5.41) is 16.8. The third-order valence-corrected chi connectivity index (χ3v) is 2.80. The molecule has 0 spiro atoms. The number of benzene rings is 1. The van der Waals surface area contributed by atoms with Crippen molar-refractivity contribution in [1.82, 2.24) is 9.78 Å². The number of hydrogen-bond donors (Lipinski definition) is 2. The molecule has 0 aliphatic heterocycles. The molecule has 0 aliphatic carbocycles. The standard InChI is InChI=1S/C12H12ClN5/c1-16-12-10(6-14)11(15)18(17-12)7-8-3-2-4-9(13)5-8/h2-5H,7,15H2,1H3,(H,16,17). The highest BCUT2D eigenvalue weighted by Gasteiger charge is 2.14. The third-order valence-electron chi connectivity index (χ3n) is 2.56. The van der Waals surface area contributed by atoms with Crippen LogP contribution in [0.15, 0.2) is 24.3 Å². The molecule has 0 fully saturated rings. The quantitative estimate of drug-likeness (QED) is 0.887. The zero-order valence-corrected chi connectivity index (χ0v) is 10.6. The fourth-order valence-corrected chi connectivity index (χ4v) is 1.90. The topological polar surface area (TPSA) is 79.7 Å². The Labute approximate surface area is 110 Å². The fourth-order valence-electron chi connectivity index (χ4n) is 1.69. The molecule has 0 radical (unpaired) electrons. The SMILES string of the molecule is CNc1nn(Cc2cccc(Cl)c2)c(N)c1C#N. The first-order valence-electron chi connectivity index (χ1n) is 5.34. The molecule has 0 amide bonds. The van der Waals surface area contributed by atoms with E-state index in [1.54, 1.807) is 17.8 Å². The van der Waals surface area contributed by atoms with Gasteiger partial charge in [0.15, 0.2) is 5.82 Å². The maximum Gasteiger partial charge on any atom is 0.168 e. The molecule has 6 heteroatoms. The summed E-state index contributed by atoms with van der Waals surface area (Å²) in [6.07, 6.45) is 0. The van der Waals surface area contributed by atoms with Gasteiger partial charge in [-0.15, -0.1) is 0 Å². The van der Waals surface area contributed by atoms with E-state index in [2.05, 4.69) is 10.4 Å². The minimum atomic E-state index is 0.349. The van der Waals surface area contributed by atoms with Crippen LogP contribution in [0.5, 0.6) is 0 Å². The van der Waals surface area contributed by atoms with Crippen molar-refractivity contribution in [2.24, 2.45) is 0 Å². The monoisotopic (exact) mass is 261 g/mol. The first kappa shape index (κ1) is 12.3. The van der Waals surface area contributed by atoms with Crippen LogP contribution in [0.4, 0.5) is 11.6 Å². The minimum absolute atomic E-state index is 0.349. The molecule has 18 heavy (non-hydrogen) atoms. The van der Waals surface area contributed by atoms with Gasteiger partial charge in [0.1, 0.15) is 17.5 Å². The van der Waals surface area contributed by atoms with Crippen LogP contribution in [-0.4, -0.2) is 16.8 Å². The van der Waals surface area contributed by atoms with E-state index in [4.69, 9.17) is 22.6 Å². The summed E-state index contributed by atoms with van der Waals surface area (Å²) in [4.78, 5) is 0. The molecule has 0 saturated heterocycles. The largest absolute Gasteiger partial charge is 0.383 e. The van der Waals surface area contributed by atoms with E-state index in [9.17, 15) is 0 Å². The molecule has 1 aromatic heterocycles. The number of aromatic nitrogens is 2. The molecule has 1 heterocycles. The predicted molar refractivity (Wildman–Crippen MR) is 71.5 cm³/mol. The zero-order valence-electron chi connectivity index (χ0n) is 9.81. The van der Waals surface area contributed by atoms with Crippen LogP contribution in [0.3, 0.4) is 0 Å². The third kappa shape index (κ3) is 2.24. The number of anilines is 2. The van der Waals surface area contributed by atoms with Crippen molar-refractivity contribution in [2.45, 2.75) is 6.54 Å². The van der Waals surface area contributed by atoms with E-state index in [-0.39, 0.29) is 0 Å². The lowest BCUT2D eigenvalue weighted by molar-refractivity contribution is 0.699. The molecule has 5 nitrogen and oxygen atoms in total. The van der Waals surface area contributed by atoms with Crippen LogP contribution < -0.4 is 11.1 Å². The number of nitriles is 1. The Morgan fingerprint density at radius 2 is 2.33 bits per heavy atom. The maximum absolute atomic E-state index is 9.01. The van der Waals surface area contributed by atoms with Crippen LogP contribution in [0.2, 0.25) is 5.02 Å². The van der Waals surface area contributed by atoms with Crippen molar-refractivity contribution in [3.63, 3.8) is 0 Å². The van der Waals surface area contributed by atoms with E-state index in [1.807, 2.05) is 24.3 Å². The van der Waals surface area contributed by atoms with Crippen LogP contribution >= 0.6 is 11.6 Å². The summed E-state index contributed by atoms with van der Waals surface area (Å²) in [7, 11) is 1.70. The van der Waals surface area contributed by atoms with E-state index in [1.165, 1.54) is 0 Å². The van der Waals surface area contributed by atoms with Crippen LogP contribution in [0.25, 0.3) is 0 Å². The molecule has 0 unspecified atom stereocenters. The number of nitrogens with one attached hydrogen (secondary N) is 1. The highest BCUT2D eigenvalue weighted by Crippen LogP contribution is 2.21. The molecule has 0 atom stereocenters. The van der Waals surface area contributed by atoms with Crippen molar-refractivity contribution >= 4 is 23.2 Å². The van der Waals surface area contributed by atoms with Gasteiger partial charge in [-0.2, -0.15) is 10.4 Å². The number of nitrogens with zero attached hydrogens (tertiary/aromatic N) is 3. The van der Waals surface area contributed by atoms with E-state index in [0.717, 1.165) is 5.56 Å². The second-order valence-electron chi connectivity index (χ2n) is 3.76. The van der Waals surface area contributed by atoms with Crippen molar-refractivity contribution < 1.29 is 0 Å². The number of hydrogen-bond acceptors (Lipinski definition) is 4. The van der Waals surface area contributed by atoms with Crippen molar-refractivity contribution in [3.8, 4) is 6.07 Å². The fraction of sp³-hybridized carbons (Fsp3) is 0.167. The summed E-state index contributed by atoms with van der Waals surface area (Å²) < 4.78 is 1.58. The van der Waals surface area contributed by atoms with E-state index < -0.39 is 0 Å². The predicted octanol–water partition coefficient (Wildman–Crippen LogP) is 2.08. The highest BCUT2D eigenvalue weighted by atomic mass is 35.5. The van der Waals surface area contributed by atoms with Crippen LogP contribution in [-0.2, 0) is 6.54 Å². The summed E-state index contributed by atoms with van der Waals surface area (Å²) >= 11 is 5.92. The van der Waals surface area contributed by atoms with Gasteiger partial charge in [-0.05, 0) is 17.7 Å². The summed E-state index contributed by atoms with van der Waals surface area (Å²) in [5.74, 6) is 0.832. The van der Waals surface area contributed by atoms with Crippen molar-refractivity contribution in [2.75, 3.05) is 18.1 Å². The van der Waals surface area contributed by atoms with Crippen molar-refractivity contribution in [1.29, 1.82) is 5.26 Å². The van der Waals surface area contributed by atoms with Crippen LogP contribution in [0.1, 0.15) is 11.1 Å². The smallest absolute Gasteiger partial charge is 0.168 e. The first-order chi connectivity index (χ1) is 8.65. The van der Waals surface area contributed by atoms with Gasteiger partial charge in [-0.1, -0.05) is 23.7 Å². The maximum atomic E-state index is 9.01. The van der Waals surface area contributed by atoms with Gasteiger partial charge in [0, 0.05) is 12.1 Å². The van der Waals surface area contributed by atoms with Gasteiger partial charge in [-0.25, -0.2) is 4.68 Å². The highest BCUT2D eigenvalue weighted by molar-refractivity contribution is 6.30. The number of nitrogen functional groups attached to an aromatic ring is 1. The molecule has 0 saturated carbocycles. The van der Waals surface area contributed by atoms with Gasteiger partial charge in [0.05, 0.1) is 6.54 Å². The molecular weight excluding hydrogens is 250 g/mol. The summed E-state index contributed by atoms with van der Waals surface area (Å²) in [5.41, 5.74) is 7.22. The number of rotatable bonds is 3.